The van der Waals surface area contributed by atoms with E-state index >= 15 is 0 Å². The molecule has 1 heterocycles. The third kappa shape index (κ3) is 4.30. The summed E-state index contributed by atoms with van der Waals surface area (Å²) in [5.74, 6) is -0.199. The first-order valence-corrected chi connectivity index (χ1v) is 7.17. The van der Waals surface area contributed by atoms with Gasteiger partial charge in [-0.3, -0.25) is 4.79 Å². The van der Waals surface area contributed by atoms with Gasteiger partial charge in [0.1, 0.15) is 5.69 Å². The average Bonchev–Trinajstić information content (AvgIpc) is 2.52. The average molecular weight is 299 g/mol. The van der Waals surface area contributed by atoms with Crippen LogP contribution in [0.3, 0.4) is 0 Å². The lowest BCUT2D eigenvalue weighted by Gasteiger charge is -2.09. The van der Waals surface area contributed by atoms with Gasteiger partial charge in [-0.25, -0.2) is 4.98 Å². The second-order valence-corrected chi connectivity index (χ2v) is 5.10. The predicted octanol–water partition coefficient (Wildman–Crippen LogP) is 2.82. The molecule has 0 atom stereocenters. The lowest BCUT2D eigenvalue weighted by molar-refractivity contribution is 0.0932. The van der Waals surface area contributed by atoms with Crippen LogP contribution in [-0.4, -0.2) is 31.2 Å². The highest BCUT2D eigenvalue weighted by molar-refractivity contribution is 5.92. The molecule has 1 amide bonds. The fourth-order valence-corrected chi connectivity index (χ4v) is 1.95. The van der Waals surface area contributed by atoms with E-state index < -0.39 is 0 Å². The number of carbonyl (C=O) groups excluding carboxylic acids is 1. The van der Waals surface area contributed by atoms with E-state index in [0.29, 0.717) is 18.8 Å². The highest BCUT2D eigenvalue weighted by atomic mass is 16.5. The number of hydrogen-bond acceptors (Lipinski definition) is 4. The summed E-state index contributed by atoms with van der Waals surface area (Å²) < 4.78 is 4.89. The number of hydrogen-bond donors (Lipinski definition) is 2. The molecule has 0 aliphatic carbocycles. The highest BCUT2D eigenvalue weighted by Crippen LogP contribution is 2.19. The van der Waals surface area contributed by atoms with Crippen LogP contribution in [0.4, 0.5) is 11.4 Å². The van der Waals surface area contributed by atoms with Crippen molar-refractivity contribution < 1.29 is 9.53 Å². The number of rotatable bonds is 6. The van der Waals surface area contributed by atoms with Crippen molar-refractivity contribution in [1.29, 1.82) is 0 Å². The van der Waals surface area contributed by atoms with E-state index in [1.165, 1.54) is 11.1 Å². The van der Waals surface area contributed by atoms with Gasteiger partial charge in [0.25, 0.3) is 5.91 Å². The van der Waals surface area contributed by atoms with Crippen LogP contribution in [-0.2, 0) is 4.74 Å². The van der Waals surface area contributed by atoms with Crippen LogP contribution in [0, 0.1) is 13.8 Å². The van der Waals surface area contributed by atoms with E-state index in [1.807, 2.05) is 12.1 Å². The molecule has 5 heteroatoms. The summed E-state index contributed by atoms with van der Waals surface area (Å²) in [6.45, 7) is 5.11. The zero-order valence-electron chi connectivity index (χ0n) is 13.1. The van der Waals surface area contributed by atoms with E-state index in [-0.39, 0.29) is 5.91 Å². The summed E-state index contributed by atoms with van der Waals surface area (Å²) in [5.41, 5.74) is 4.72. The zero-order chi connectivity index (χ0) is 15.9. The zero-order valence-corrected chi connectivity index (χ0v) is 13.1. The molecule has 2 N–H and O–H groups in total. The van der Waals surface area contributed by atoms with E-state index in [2.05, 4.69) is 41.6 Å². The Morgan fingerprint density at radius 2 is 1.91 bits per heavy atom. The minimum atomic E-state index is -0.199. The first-order valence-electron chi connectivity index (χ1n) is 7.17. The first kappa shape index (κ1) is 16.0. The maximum Gasteiger partial charge on any atom is 0.269 e. The summed E-state index contributed by atoms with van der Waals surface area (Å²) in [5, 5.41) is 6.01. The van der Waals surface area contributed by atoms with Crippen LogP contribution < -0.4 is 10.6 Å². The van der Waals surface area contributed by atoms with Gasteiger partial charge < -0.3 is 15.4 Å². The predicted molar refractivity (Wildman–Crippen MR) is 87.6 cm³/mol. The molecular formula is C17H21N3O2. The van der Waals surface area contributed by atoms with Gasteiger partial charge in [-0.05, 0) is 49.2 Å². The van der Waals surface area contributed by atoms with Gasteiger partial charge in [-0.2, -0.15) is 0 Å². The third-order valence-corrected chi connectivity index (χ3v) is 3.38. The fraction of sp³-hybridized carbons (Fsp3) is 0.294. The number of methoxy groups -OCH3 is 1. The molecule has 0 aliphatic heterocycles. The molecular weight excluding hydrogens is 278 g/mol. The van der Waals surface area contributed by atoms with Gasteiger partial charge in [0, 0.05) is 19.3 Å². The molecule has 0 saturated carbocycles. The Kier molecular flexibility index (Phi) is 5.49. The molecule has 2 aromatic rings. The van der Waals surface area contributed by atoms with E-state index in [9.17, 15) is 4.79 Å². The molecule has 116 valence electrons. The highest BCUT2D eigenvalue weighted by Gasteiger charge is 2.06. The Morgan fingerprint density at radius 3 is 2.55 bits per heavy atom. The maximum absolute atomic E-state index is 11.8. The molecule has 22 heavy (non-hydrogen) atoms. The van der Waals surface area contributed by atoms with Gasteiger partial charge in [-0.15, -0.1) is 0 Å². The number of ether oxygens (including phenoxy) is 1. The molecule has 0 spiro atoms. The van der Waals surface area contributed by atoms with Crippen LogP contribution in [0.25, 0.3) is 0 Å². The SMILES string of the molecule is COCCNC(=O)c1ccc(Nc2ccc(C)c(C)c2)cn1. The lowest BCUT2D eigenvalue weighted by atomic mass is 10.1. The van der Waals surface area contributed by atoms with Gasteiger partial charge in [0.2, 0.25) is 0 Å². The molecule has 0 saturated heterocycles. The molecule has 0 fully saturated rings. The Morgan fingerprint density at radius 1 is 1.14 bits per heavy atom. The van der Waals surface area contributed by atoms with Crippen molar-refractivity contribution in [3.05, 3.63) is 53.3 Å². The second kappa shape index (κ2) is 7.56. The molecule has 0 radical (unpaired) electrons. The standard InChI is InChI=1S/C17H21N3O2/c1-12-4-5-14(10-13(12)2)20-15-6-7-16(19-11-15)17(21)18-8-9-22-3/h4-7,10-11,20H,8-9H2,1-3H3,(H,18,21). The minimum Gasteiger partial charge on any atom is -0.383 e. The number of pyridine rings is 1. The Hall–Kier alpha value is -2.40. The van der Waals surface area contributed by atoms with Crippen molar-refractivity contribution in [2.75, 3.05) is 25.6 Å². The second-order valence-electron chi connectivity index (χ2n) is 5.10. The molecule has 0 aliphatic rings. The minimum absolute atomic E-state index is 0.199. The quantitative estimate of drug-likeness (QED) is 0.805. The summed E-state index contributed by atoms with van der Waals surface area (Å²) in [4.78, 5) is 16.0. The van der Waals surface area contributed by atoms with Gasteiger partial charge in [0.15, 0.2) is 0 Å². The summed E-state index contributed by atoms with van der Waals surface area (Å²) in [6.07, 6.45) is 1.65. The third-order valence-electron chi connectivity index (χ3n) is 3.38. The number of nitrogens with zero attached hydrogens (tertiary/aromatic N) is 1. The molecule has 1 aromatic heterocycles. The number of nitrogens with one attached hydrogen (secondary N) is 2. The van der Waals surface area contributed by atoms with Crippen molar-refractivity contribution in [3.63, 3.8) is 0 Å². The fourth-order valence-electron chi connectivity index (χ4n) is 1.95. The Balaban J connectivity index is 1.99. The number of anilines is 2. The van der Waals surface area contributed by atoms with Gasteiger partial charge >= 0.3 is 0 Å². The van der Waals surface area contributed by atoms with Crippen molar-refractivity contribution in [2.45, 2.75) is 13.8 Å². The van der Waals surface area contributed by atoms with Crippen LogP contribution in [0.2, 0.25) is 0 Å². The van der Waals surface area contributed by atoms with Crippen LogP contribution in [0.15, 0.2) is 36.5 Å². The molecule has 0 unspecified atom stereocenters. The smallest absolute Gasteiger partial charge is 0.269 e. The number of benzene rings is 1. The topological polar surface area (TPSA) is 63.2 Å². The van der Waals surface area contributed by atoms with Crippen LogP contribution in [0.5, 0.6) is 0 Å². The summed E-state index contributed by atoms with van der Waals surface area (Å²) in [6, 6.07) is 9.72. The number of aromatic nitrogens is 1. The number of carbonyl (C=O) groups is 1. The molecule has 5 nitrogen and oxygen atoms in total. The largest absolute Gasteiger partial charge is 0.383 e. The lowest BCUT2D eigenvalue weighted by Crippen LogP contribution is -2.27. The summed E-state index contributed by atoms with van der Waals surface area (Å²) in [7, 11) is 1.59. The Labute approximate surface area is 130 Å². The van der Waals surface area contributed by atoms with E-state index in [0.717, 1.165) is 11.4 Å². The molecule has 0 bridgehead atoms. The van der Waals surface area contributed by atoms with Gasteiger partial charge in [-0.1, -0.05) is 6.07 Å². The summed E-state index contributed by atoms with van der Waals surface area (Å²) >= 11 is 0. The number of aryl methyl sites for hydroxylation is 2. The van der Waals surface area contributed by atoms with Gasteiger partial charge in [0.05, 0.1) is 18.5 Å². The molecule has 2 rings (SSSR count). The van der Waals surface area contributed by atoms with Crippen molar-refractivity contribution in [2.24, 2.45) is 0 Å². The van der Waals surface area contributed by atoms with Crippen molar-refractivity contribution in [1.82, 2.24) is 10.3 Å². The Bertz CT molecular complexity index is 639. The monoisotopic (exact) mass is 299 g/mol. The molecule has 1 aromatic carbocycles. The van der Waals surface area contributed by atoms with Crippen LogP contribution in [0.1, 0.15) is 21.6 Å². The van der Waals surface area contributed by atoms with E-state index in [4.69, 9.17) is 4.74 Å². The maximum atomic E-state index is 11.8. The van der Waals surface area contributed by atoms with Crippen LogP contribution >= 0.6 is 0 Å². The van der Waals surface area contributed by atoms with E-state index in [1.54, 1.807) is 19.4 Å². The van der Waals surface area contributed by atoms with Crippen molar-refractivity contribution in [3.8, 4) is 0 Å². The number of amides is 1. The van der Waals surface area contributed by atoms with Crippen molar-refractivity contribution >= 4 is 17.3 Å². The first-order chi connectivity index (χ1) is 10.6. The normalized spacial score (nSPS) is 10.3.